The van der Waals surface area contributed by atoms with Crippen LogP contribution in [0.5, 0.6) is 0 Å². The van der Waals surface area contributed by atoms with Gasteiger partial charge in [-0.25, -0.2) is 0 Å². The van der Waals surface area contributed by atoms with E-state index >= 15 is 0 Å². The minimum Gasteiger partial charge on any atom is -0.355 e. The first kappa shape index (κ1) is 12.3. The summed E-state index contributed by atoms with van der Waals surface area (Å²) in [5.74, 6) is -0.202. The van der Waals surface area contributed by atoms with E-state index in [2.05, 4.69) is 37.4 Å². The predicted octanol–water partition coefficient (Wildman–Crippen LogP) is 1.88. The zero-order chi connectivity index (χ0) is 12.0. The minimum atomic E-state index is -0.202. The second-order valence-corrected chi connectivity index (χ2v) is 3.86. The molecule has 1 N–H and O–H groups in total. The second kappa shape index (κ2) is 5.92. The summed E-state index contributed by atoms with van der Waals surface area (Å²) in [7, 11) is 0. The van der Waals surface area contributed by atoms with Gasteiger partial charge in [-0.2, -0.15) is 5.26 Å². The number of nitriles is 1. The lowest BCUT2D eigenvalue weighted by molar-refractivity contribution is -0.120. The Bertz CT molecular complexity index is 418. The number of hydrogen-bond acceptors (Lipinski definition) is 2. The molecular formula is C13H16N2O. The van der Waals surface area contributed by atoms with Crippen molar-refractivity contribution in [3.8, 4) is 6.07 Å². The molecule has 0 aliphatic heterocycles. The summed E-state index contributed by atoms with van der Waals surface area (Å²) in [6, 6.07) is 8.11. The molecule has 0 fully saturated rings. The van der Waals surface area contributed by atoms with E-state index in [1.807, 2.05) is 6.07 Å². The van der Waals surface area contributed by atoms with Gasteiger partial charge in [0.2, 0.25) is 5.91 Å². The van der Waals surface area contributed by atoms with Crippen LogP contribution in [-0.4, -0.2) is 12.5 Å². The van der Waals surface area contributed by atoms with Crippen molar-refractivity contribution < 1.29 is 4.79 Å². The maximum atomic E-state index is 11.0. The second-order valence-electron chi connectivity index (χ2n) is 3.86. The standard InChI is InChI=1S/C13H16N2O/c1-10-3-4-12(11(2)9-10)6-8-15-13(16)5-7-14/h3-4,9H,5-6,8H2,1-2H3,(H,15,16). The third-order valence-electron chi connectivity index (χ3n) is 2.45. The van der Waals surface area contributed by atoms with Crippen LogP contribution in [0.4, 0.5) is 0 Å². The summed E-state index contributed by atoms with van der Waals surface area (Å²) in [6.07, 6.45) is 0.746. The van der Waals surface area contributed by atoms with Crippen molar-refractivity contribution in [3.05, 3.63) is 34.9 Å². The Morgan fingerprint density at radius 2 is 2.19 bits per heavy atom. The zero-order valence-electron chi connectivity index (χ0n) is 9.71. The van der Waals surface area contributed by atoms with Crippen molar-refractivity contribution in [3.63, 3.8) is 0 Å². The fraction of sp³-hybridized carbons (Fsp3) is 0.385. The molecule has 0 unspecified atom stereocenters. The van der Waals surface area contributed by atoms with Crippen LogP contribution >= 0.6 is 0 Å². The third kappa shape index (κ3) is 3.74. The molecule has 0 saturated carbocycles. The molecule has 1 aromatic rings. The first-order valence-electron chi connectivity index (χ1n) is 5.33. The van der Waals surface area contributed by atoms with Crippen molar-refractivity contribution in [2.45, 2.75) is 26.7 Å². The molecular weight excluding hydrogens is 200 g/mol. The van der Waals surface area contributed by atoms with Gasteiger partial charge in [0.1, 0.15) is 6.42 Å². The average Bonchev–Trinajstić information content (AvgIpc) is 2.22. The van der Waals surface area contributed by atoms with Crippen molar-refractivity contribution in [2.24, 2.45) is 0 Å². The number of nitrogens with zero attached hydrogens (tertiary/aromatic N) is 1. The van der Waals surface area contributed by atoms with Crippen LogP contribution in [0.3, 0.4) is 0 Å². The summed E-state index contributed by atoms with van der Waals surface area (Å²) in [6.45, 7) is 4.72. The summed E-state index contributed by atoms with van der Waals surface area (Å²) in [4.78, 5) is 11.0. The molecule has 0 spiro atoms. The van der Waals surface area contributed by atoms with E-state index in [9.17, 15) is 4.79 Å². The SMILES string of the molecule is Cc1ccc(CCNC(=O)CC#N)c(C)c1. The highest BCUT2D eigenvalue weighted by molar-refractivity contribution is 5.77. The van der Waals surface area contributed by atoms with Gasteiger partial charge in [0, 0.05) is 6.54 Å². The summed E-state index contributed by atoms with van der Waals surface area (Å²) in [5, 5.41) is 11.0. The predicted molar refractivity (Wildman–Crippen MR) is 62.9 cm³/mol. The molecule has 0 aromatic heterocycles. The molecule has 84 valence electrons. The Morgan fingerprint density at radius 1 is 1.44 bits per heavy atom. The van der Waals surface area contributed by atoms with Crippen molar-refractivity contribution in [1.82, 2.24) is 5.32 Å². The Hall–Kier alpha value is -1.82. The molecule has 1 rings (SSSR count). The number of hydrogen-bond donors (Lipinski definition) is 1. The molecule has 0 aliphatic rings. The van der Waals surface area contributed by atoms with Crippen LogP contribution in [-0.2, 0) is 11.2 Å². The van der Waals surface area contributed by atoms with Gasteiger partial charge < -0.3 is 5.32 Å². The topological polar surface area (TPSA) is 52.9 Å². The fourth-order valence-corrected chi connectivity index (χ4v) is 1.60. The normalized spacial score (nSPS) is 9.56. The molecule has 0 aliphatic carbocycles. The maximum absolute atomic E-state index is 11.0. The van der Waals surface area contributed by atoms with Crippen molar-refractivity contribution >= 4 is 5.91 Å². The Kier molecular flexibility index (Phi) is 4.53. The monoisotopic (exact) mass is 216 g/mol. The van der Waals surface area contributed by atoms with E-state index in [1.165, 1.54) is 16.7 Å². The smallest absolute Gasteiger partial charge is 0.234 e. The lowest BCUT2D eigenvalue weighted by atomic mass is 10.0. The molecule has 1 aromatic carbocycles. The van der Waals surface area contributed by atoms with Gasteiger partial charge in [0.05, 0.1) is 6.07 Å². The lowest BCUT2D eigenvalue weighted by Crippen LogP contribution is -2.25. The number of benzene rings is 1. The summed E-state index contributed by atoms with van der Waals surface area (Å²) in [5.41, 5.74) is 3.73. The number of carbonyl (C=O) groups is 1. The lowest BCUT2D eigenvalue weighted by Gasteiger charge is -2.07. The van der Waals surface area contributed by atoms with Gasteiger partial charge in [-0.1, -0.05) is 23.8 Å². The molecule has 0 bridgehead atoms. The molecule has 0 atom stereocenters. The van der Waals surface area contributed by atoms with Crippen molar-refractivity contribution in [2.75, 3.05) is 6.54 Å². The zero-order valence-corrected chi connectivity index (χ0v) is 9.71. The largest absolute Gasteiger partial charge is 0.355 e. The first-order chi connectivity index (χ1) is 7.63. The number of nitrogens with one attached hydrogen (secondary N) is 1. The van der Waals surface area contributed by atoms with Crippen LogP contribution in [0.1, 0.15) is 23.1 Å². The van der Waals surface area contributed by atoms with E-state index in [0.29, 0.717) is 6.54 Å². The molecule has 0 heterocycles. The van der Waals surface area contributed by atoms with Crippen LogP contribution in [0, 0.1) is 25.2 Å². The average molecular weight is 216 g/mol. The highest BCUT2D eigenvalue weighted by Crippen LogP contribution is 2.10. The third-order valence-corrected chi connectivity index (χ3v) is 2.45. The molecule has 3 heteroatoms. The van der Waals surface area contributed by atoms with Gasteiger partial charge in [0.15, 0.2) is 0 Å². The van der Waals surface area contributed by atoms with E-state index < -0.39 is 0 Å². The summed E-state index contributed by atoms with van der Waals surface area (Å²) >= 11 is 0. The number of amides is 1. The van der Waals surface area contributed by atoms with E-state index in [0.717, 1.165) is 6.42 Å². The van der Waals surface area contributed by atoms with Gasteiger partial charge in [-0.15, -0.1) is 0 Å². The molecule has 1 amide bonds. The Labute approximate surface area is 96.1 Å². The van der Waals surface area contributed by atoms with Crippen LogP contribution in [0.15, 0.2) is 18.2 Å². The highest BCUT2D eigenvalue weighted by Gasteiger charge is 2.01. The number of carbonyl (C=O) groups excluding carboxylic acids is 1. The van der Waals surface area contributed by atoms with E-state index in [-0.39, 0.29) is 12.3 Å². The molecule has 16 heavy (non-hydrogen) atoms. The molecule has 0 radical (unpaired) electrons. The Morgan fingerprint density at radius 3 is 2.81 bits per heavy atom. The molecule has 3 nitrogen and oxygen atoms in total. The number of aryl methyl sites for hydroxylation is 2. The quantitative estimate of drug-likeness (QED) is 0.835. The van der Waals surface area contributed by atoms with Gasteiger partial charge in [-0.3, -0.25) is 4.79 Å². The first-order valence-corrected chi connectivity index (χ1v) is 5.33. The van der Waals surface area contributed by atoms with Crippen LogP contribution < -0.4 is 5.32 Å². The van der Waals surface area contributed by atoms with Gasteiger partial charge in [-0.05, 0) is 31.4 Å². The maximum Gasteiger partial charge on any atom is 0.234 e. The van der Waals surface area contributed by atoms with Crippen LogP contribution in [0.2, 0.25) is 0 Å². The van der Waals surface area contributed by atoms with Crippen molar-refractivity contribution in [1.29, 1.82) is 5.26 Å². The minimum absolute atomic E-state index is 0.0626. The van der Waals surface area contributed by atoms with Gasteiger partial charge >= 0.3 is 0 Å². The van der Waals surface area contributed by atoms with E-state index in [1.54, 1.807) is 0 Å². The highest BCUT2D eigenvalue weighted by atomic mass is 16.1. The Balaban J connectivity index is 2.44. The van der Waals surface area contributed by atoms with E-state index in [4.69, 9.17) is 5.26 Å². The van der Waals surface area contributed by atoms with Gasteiger partial charge in [0.25, 0.3) is 0 Å². The molecule has 0 saturated heterocycles. The van der Waals surface area contributed by atoms with Crippen LogP contribution in [0.25, 0.3) is 0 Å². The summed E-state index contributed by atoms with van der Waals surface area (Å²) < 4.78 is 0. The fourth-order valence-electron chi connectivity index (χ4n) is 1.60. The number of rotatable bonds is 4.